The maximum atomic E-state index is 12.0. The lowest BCUT2D eigenvalue weighted by molar-refractivity contribution is -0.267. The Morgan fingerprint density at radius 3 is 2.59 bits per heavy atom. The van der Waals surface area contributed by atoms with Crippen molar-refractivity contribution in [1.29, 1.82) is 0 Å². The first-order valence-corrected chi connectivity index (χ1v) is 6.59. The largest absolute Gasteiger partial charge is 0.871 e. The topological polar surface area (TPSA) is 85.1 Å². The number of benzene rings is 3. The van der Waals surface area contributed by atoms with Gasteiger partial charge in [-0.1, -0.05) is 48.2 Å². The van der Waals surface area contributed by atoms with Gasteiger partial charge in [0.1, 0.15) is 0 Å². The van der Waals surface area contributed by atoms with E-state index in [2.05, 4.69) is 10.2 Å². The van der Waals surface area contributed by atoms with Crippen molar-refractivity contribution in [2.24, 2.45) is 10.2 Å². The zero-order chi connectivity index (χ0) is 15.5. The van der Waals surface area contributed by atoms with Gasteiger partial charge < -0.3 is 10.2 Å². The fourth-order valence-corrected chi connectivity index (χ4v) is 2.15. The van der Waals surface area contributed by atoms with Crippen LogP contribution in [-0.2, 0) is 0 Å². The molecule has 0 aromatic heterocycles. The van der Waals surface area contributed by atoms with Gasteiger partial charge in [-0.15, -0.1) is 0 Å². The van der Waals surface area contributed by atoms with E-state index in [1.807, 2.05) is 18.2 Å². The Bertz CT molecular complexity index is 888. The van der Waals surface area contributed by atoms with Crippen LogP contribution in [0.3, 0.4) is 0 Å². The molecule has 5 nitrogen and oxygen atoms in total. The highest BCUT2D eigenvalue weighted by Gasteiger charge is 2.03. The molecule has 0 spiro atoms. The Hall–Kier alpha value is -3.21. The summed E-state index contributed by atoms with van der Waals surface area (Å²) in [7, 11) is 0. The lowest BCUT2D eigenvalue weighted by Crippen LogP contribution is -1.94. The quantitative estimate of drug-likeness (QED) is 0.739. The molecule has 108 valence electrons. The van der Waals surface area contributed by atoms with Crippen molar-refractivity contribution >= 4 is 28.1 Å². The second-order valence-electron chi connectivity index (χ2n) is 4.69. The molecule has 0 saturated carbocycles. The van der Waals surface area contributed by atoms with E-state index in [1.54, 1.807) is 24.3 Å². The van der Waals surface area contributed by atoms with Crippen molar-refractivity contribution in [2.75, 3.05) is 0 Å². The molecule has 0 atom stereocenters. The second kappa shape index (κ2) is 5.65. The van der Waals surface area contributed by atoms with E-state index in [9.17, 15) is 9.90 Å². The second-order valence-corrected chi connectivity index (χ2v) is 4.69. The van der Waals surface area contributed by atoms with Crippen LogP contribution in [0.25, 0.3) is 10.8 Å². The maximum Gasteiger partial charge on any atom is 0.335 e. The lowest BCUT2D eigenvalue weighted by Gasteiger charge is -2.11. The summed E-state index contributed by atoms with van der Waals surface area (Å²) in [6.45, 7) is 0. The smallest absolute Gasteiger partial charge is 0.335 e. The van der Waals surface area contributed by atoms with Crippen LogP contribution in [0.4, 0.5) is 11.4 Å². The third kappa shape index (κ3) is 2.64. The molecule has 5 heteroatoms. The number of carboxylic acid groups (broad SMARTS) is 1. The first kappa shape index (κ1) is 13.8. The zero-order valence-electron chi connectivity index (χ0n) is 11.4. The summed E-state index contributed by atoms with van der Waals surface area (Å²) in [5.74, 6) is -1.26. The molecule has 0 saturated heterocycles. The van der Waals surface area contributed by atoms with E-state index >= 15 is 0 Å². The molecular formula is C17H11N2O3-. The van der Waals surface area contributed by atoms with E-state index in [1.165, 1.54) is 18.2 Å². The van der Waals surface area contributed by atoms with Gasteiger partial charge in [0.25, 0.3) is 0 Å². The predicted octanol–water partition coefficient (Wildman–Crippen LogP) is 4.03. The number of nitrogens with zero attached hydrogens (tertiary/aromatic N) is 2. The van der Waals surface area contributed by atoms with E-state index in [0.717, 1.165) is 5.39 Å². The minimum atomic E-state index is -1.04. The van der Waals surface area contributed by atoms with Gasteiger partial charge in [0.15, 0.2) is 0 Å². The van der Waals surface area contributed by atoms with Crippen LogP contribution in [0.1, 0.15) is 10.4 Å². The van der Waals surface area contributed by atoms with Crippen molar-refractivity contribution in [3.05, 3.63) is 66.2 Å². The summed E-state index contributed by atoms with van der Waals surface area (Å²) in [5, 5.41) is 30.6. The number of carboxylic acids is 1. The van der Waals surface area contributed by atoms with Gasteiger partial charge in [0.2, 0.25) is 0 Å². The number of hydrogen-bond donors (Lipinski definition) is 1. The number of fused-ring (bicyclic) bond motifs is 1. The average molecular weight is 291 g/mol. The summed E-state index contributed by atoms with van der Waals surface area (Å²) < 4.78 is 0. The summed E-state index contributed by atoms with van der Waals surface area (Å²) in [4.78, 5) is 10.9. The van der Waals surface area contributed by atoms with Gasteiger partial charge in [-0.05, 0) is 23.6 Å². The highest BCUT2D eigenvalue weighted by atomic mass is 16.4. The van der Waals surface area contributed by atoms with Crippen LogP contribution in [0.2, 0.25) is 0 Å². The van der Waals surface area contributed by atoms with Crippen LogP contribution in [0.15, 0.2) is 70.9 Å². The number of carbonyl (C=O) groups is 1. The fourth-order valence-electron chi connectivity index (χ4n) is 2.15. The first-order valence-electron chi connectivity index (χ1n) is 6.59. The summed E-state index contributed by atoms with van der Waals surface area (Å²) >= 11 is 0. The number of aromatic carboxylic acids is 1. The monoisotopic (exact) mass is 291 g/mol. The molecule has 0 aliphatic carbocycles. The zero-order valence-corrected chi connectivity index (χ0v) is 11.4. The summed E-state index contributed by atoms with van der Waals surface area (Å²) in [6, 6.07) is 16.7. The highest BCUT2D eigenvalue weighted by molar-refractivity contribution is 5.95. The third-order valence-corrected chi connectivity index (χ3v) is 3.22. The first-order chi connectivity index (χ1) is 10.6. The third-order valence-electron chi connectivity index (χ3n) is 3.22. The van der Waals surface area contributed by atoms with Crippen LogP contribution in [0.5, 0.6) is 5.75 Å². The molecule has 0 radical (unpaired) electrons. The SMILES string of the molecule is O=C(O)c1cccc(N=Nc2c([O-])ccc3ccccc23)c1. The molecule has 1 N–H and O–H groups in total. The molecule has 0 aliphatic rings. The molecule has 0 amide bonds. The van der Waals surface area contributed by atoms with Crippen molar-refractivity contribution in [2.45, 2.75) is 0 Å². The Kier molecular flexibility index (Phi) is 3.53. The Labute approximate surface area is 126 Å². The van der Waals surface area contributed by atoms with Gasteiger partial charge in [-0.25, -0.2) is 4.79 Å². The average Bonchev–Trinajstić information content (AvgIpc) is 2.54. The molecule has 3 aromatic rings. The standard InChI is InChI=1S/C17H12N2O3/c20-15-9-8-11-4-1-2-7-14(11)16(15)19-18-13-6-3-5-12(10-13)17(21)22/h1-10,20H,(H,21,22)/p-1. The molecule has 0 bridgehead atoms. The van der Waals surface area contributed by atoms with Gasteiger partial charge in [0, 0.05) is 5.39 Å². The molecule has 22 heavy (non-hydrogen) atoms. The fraction of sp³-hybridized carbons (Fsp3) is 0. The van der Waals surface area contributed by atoms with Crippen LogP contribution in [-0.4, -0.2) is 11.1 Å². The van der Waals surface area contributed by atoms with Crippen LogP contribution in [0, 0.1) is 0 Å². The Morgan fingerprint density at radius 1 is 0.955 bits per heavy atom. The Morgan fingerprint density at radius 2 is 1.77 bits per heavy atom. The van der Waals surface area contributed by atoms with E-state index in [-0.39, 0.29) is 17.0 Å². The van der Waals surface area contributed by atoms with Gasteiger partial charge in [-0.2, -0.15) is 10.2 Å². The summed E-state index contributed by atoms with van der Waals surface area (Å²) in [6.07, 6.45) is 0. The van der Waals surface area contributed by atoms with Crippen molar-refractivity contribution < 1.29 is 15.0 Å². The van der Waals surface area contributed by atoms with Crippen LogP contribution >= 0.6 is 0 Å². The van der Waals surface area contributed by atoms with Crippen molar-refractivity contribution in [3.8, 4) is 5.75 Å². The molecule has 3 rings (SSSR count). The summed E-state index contributed by atoms with van der Waals surface area (Å²) in [5.41, 5.74) is 0.753. The molecule has 0 fully saturated rings. The van der Waals surface area contributed by atoms with Gasteiger partial charge >= 0.3 is 5.97 Å². The minimum Gasteiger partial charge on any atom is -0.871 e. The highest BCUT2D eigenvalue weighted by Crippen LogP contribution is 2.34. The van der Waals surface area contributed by atoms with Crippen molar-refractivity contribution in [3.63, 3.8) is 0 Å². The van der Waals surface area contributed by atoms with Crippen molar-refractivity contribution in [1.82, 2.24) is 0 Å². The van der Waals surface area contributed by atoms with E-state index < -0.39 is 5.97 Å². The predicted molar refractivity (Wildman–Crippen MR) is 81.0 cm³/mol. The number of rotatable bonds is 3. The molecule has 0 aliphatic heterocycles. The minimum absolute atomic E-state index is 0.122. The number of hydrogen-bond acceptors (Lipinski definition) is 4. The Balaban J connectivity index is 2.04. The van der Waals surface area contributed by atoms with Crippen LogP contribution < -0.4 is 5.11 Å². The molecule has 0 unspecified atom stereocenters. The van der Waals surface area contributed by atoms with Gasteiger partial charge in [-0.3, -0.25) is 0 Å². The normalized spacial score (nSPS) is 11.1. The maximum absolute atomic E-state index is 12.0. The lowest BCUT2D eigenvalue weighted by atomic mass is 10.1. The molecule has 0 heterocycles. The molecule has 3 aromatic carbocycles. The number of azo groups is 1. The van der Waals surface area contributed by atoms with E-state index in [4.69, 9.17) is 5.11 Å². The molecular weight excluding hydrogens is 280 g/mol. The van der Waals surface area contributed by atoms with Gasteiger partial charge in [0.05, 0.1) is 16.9 Å². The van der Waals surface area contributed by atoms with E-state index in [0.29, 0.717) is 11.1 Å².